The van der Waals surface area contributed by atoms with E-state index in [0.717, 1.165) is 38.3 Å². The summed E-state index contributed by atoms with van der Waals surface area (Å²) in [7, 11) is -1.07. The van der Waals surface area contributed by atoms with Crippen LogP contribution in [0.5, 0.6) is 0 Å². The average molecular weight is 558 g/mol. The highest BCUT2D eigenvalue weighted by Crippen LogP contribution is 2.44. The van der Waals surface area contributed by atoms with E-state index in [4.69, 9.17) is 22.7 Å². The van der Waals surface area contributed by atoms with Gasteiger partial charge in [0.15, 0.2) is 0 Å². The number of benzene rings is 3. The Balaban J connectivity index is 1.60. The first-order valence-corrected chi connectivity index (χ1v) is 14.1. The van der Waals surface area contributed by atoms with Crippen molar-refractivity contribution in [2.75, 3.05) is 6.26 Å². The second-order valence-corrected chi connectivity index (χ2v) is 11.1. The van der Waals surface area contributed by atoms with E-state index >= 15 is 0 Å². The molecule has 0 spiro atoms. The van der Waals surface area contributed by atoms with Crippen molar-refractivity contribution >= 4 is 56.8 Å². The Kier molecular flexibility index (Phi) is 8.23. The maximum Gasteiger partial charge on any atom is 0.315 e. The van der Waals surface area contributed by atoms with Crippen molar-refractivity contribution in [3.05, 3.63) is 124 Å². The minimum atomic E-state index is -1.07. The van der Waals surface area contributed by atoms with Gasteiger partial charge in [-0.2, -0.15) is 0 Å². The largest absolute Gasteiger partial charge is 0.426 e. The van der Waals surface area contributed by atoms with Gasteiger partial charge in [-0.3, -0.25) is 9.00 Å². The van der Waals surface area contributed by atoms with Crippen molar-refractivity contribution in [3.63, 3.8) is 0 Å². The summed E-state index contributed by atoms with van der Waals surface area (Å²) < 4.78 is 31.6. The number of esters is 1. The minimum Gasteiger partial charge on any atom is -0.426 e. The van der Waals surface area contributed by atoms with Gasteiger partial charge in [0.1, 0.15) is 16.6 Å². The molecule has 2 N–H and O–H groups in total. The molecule has 3 aromatic rings. The molecule has 198 valence electrons. The summed E-state index contributed by atoms with van der Waals surface area (Å²) in [4.78, 5) is 14.1. The van der Waals surface area contributed by atoms with Crippen LogP contribution in [-0.4, -0.2) is 21.4 Å². The molecule has 4 nitrogen and oxygen atoms in total. The van der Waals surface area contributed by atoms with Gasteiger partial charge < -0.3 is 10.5 Å². The van der Waals surface area contributed by atoms with Crippen LogP contribution in [0.15, 0.2) is 90.0 Å². The lowest BCUT2D eigenvalue weighted by atomic mass is 9.98. The van der Waals surface area contributed by atoms with Crippen LogP contribution in [0.3, 0.4) is 0 Å². The minimum absolute atomic E-state index is 0.0778. The molecule has 1 aliphatic carbocycles. The van der Waals surface area contributed by atoms with Crippen LogP contribution >= 0.6 is 12.2 Å². The van der Waals surface area contributed by atoms with Gasteiger partial charge in [-0.1, -0.05) is 55.7 Å². The smallest absolute Gasteiger partial charge is 0.315 e. The van der Waals surface area contributed by atoms with Gasteiger partial charge in [-0.25, -0.2) is 4.39 Å². The summed E-state index contributed by atoms with van der Waals surface area (Å²) in [5.74, 6) is -0.817. The van der Waals surface area contributed by atoms with Crippen LogP contribution in [0.1, 0.15) is 46.7 Å². The fourth-order valence-electron chi connectivity index (χ4n) is 4.53. The van der Waals surface area contributed by atoms with E-state index in [0.29, 0.717) is 22.3 Å². The lowest BCUT2D eigenvalue weighted by Crippen LogP contribution is -2.10. The predicted molar refractivity (Wildman–Crippen MR) is 162 cm³/mol. The molecule has 0 aliphatic heterocycles. The first-order chi connectivity index (χ1) is 18.5. The fraction of sp³-hybridized carbons (Fsp3) is 0.125. The molecule has 0 heterocycles. The van der Waals surface area contributed by atoms with Gasteiger partial charge in [0, 0.05) is 33.1 Å². The molecule has 3 aromatic carbocycles. The topological polar surface area (TPSA) is 69.4 Å². The Hall–Kier alpha value is -3.94. The van der Waals surface area contributed by atoms with Crippen LogP contribution in [0.2, 0.25) is 0 Å². The summed E-state index contributed by atoms with van der Waals surface area (Å²) in [5, 5.41) is 0. The van der Waals surface area contributed by atoms with Crippen LogP contribution in [0.25, 0.3) is 22.8 Å². The molecule has 1 unspecified atom stereocenters. The number of halogens is 1. The zero-order chi connectivity index (χ0) is 28.4. The third-order valence-electron chi connectivity index (χ3n) is 6.72. The summed E-state index contributed by atoms with van der Waals surface area (Å²) in [6.07, 6.45) is 3.53. The zero-order valence-electron chi connectivity index (χ0n) is 22.0. The molecular weight excluding hydrogens is 529 g/mol. The number of carbonyl (C=O) groups is 1. The van der Waals surface area contributed by atoms with E-state index in [-0.39, 0.29) is 17.2 Å². The van der Waals surface area contributed by atoms with E-state index in [1.165, 1.54) is 12.1 Å². The third kappa shape index (κ3) is 6.05. The molecule has 0 amide bonds. The van der Waals surface area contributed by atoms with Crippen molar-refractivity contribution in [1.82, 2.24) is 0 Å². The molecule has 4 rings (SSSR count). The Morgan fingerprint density at radius 2 is 1.74 bits per heavy atom. The summed E-state index contributed by atoms with van der Waals surface area (Å²) >= 11 is 5.08. The van der Waals surface area contributed by atoms with Crippen LogP contribution in [0, 0.1) is 12.7 Å². The second kappa shape index (κ2) is 11.4. The second-order valence-electron chi connectivity index (χ2n) is 9.32. The first kappa shape index (κ1) is 28.1. The van der Waals surface area contributed by atoms with Crippen molar-refractivity contribution in [2.45, 2.75) is 25.2 Å². The van der Waals surface area contributed by atoms with Crippen molar-refractivity contribution in [1.29, 1.82) is 0 Å². The molecule has 0 bridgehead atoms. The molecule has 39 heavy (non-hydrogen) atoms. The van der Waals surface area contributed by atoms with Crippen molar-refractivity contribution < 1.29 is 18.1 Å². The van der Waals surface area contributed by atoms with Crippen LogP contribution in [-0.2, 0) is 20.3 Å². The number of hydrogen-bond acceptors (Lipinski definition) is 4. The number of aryl methyl sites for hydroxylation is 1. The van der Waals surface area contributed by atoms with E-state index in [9.17, 15) is 13.4 Å². The van der Waals surface area contributed by atoms with Crippen molar-refractivity contribution in [3.8, 4) is 0 Å². The summed E-state index contributed by atoms with van der Waals surface area (Å²) in [5.41, 5.74) is 13.3. The standard InChI is InChI=1S/C32H28FNO3S2/c1-18-6-9-23(32(34)38)15-27(18)19(2)21(4)37-31(35)17-29-20(3)28(26-13-10-24(33)16-30(26)29)14-22-7-11-25(12-8-22)39(5)36/h6-16H,2,4,17H2,1,3,5H3,(H2,34,38). The number of thiocarbonyl (C=S) groups is 1. The highest BCUT2D eigenvalue weighted by atomic mass is 32.2. The maximum absolute atomic E-state index is 14.3. The lowest BCUT2D eigenvalue weighted by molar-refractivity contribution is -0.137. The fourth-order valence-corrected chi connectivity index (χ4v) is 5.18. The Morgan fingerprint density at radius 1 is 1.05 bits per heavy atom. The molecule has 1 aliphatic rings. The molecule has 0 aromatic heterocycles. The molecule has 7 heteroatoms. The van der Waals surface area contributed by atoms with Crippen LogP contribution in [0.4, 0.5) is 4.39 Å². The average Bonchev–Trinajstić information content (AvgIpc) is 3.13. The Bertz CT molecular complexity index is 1630. The number of nitrogens with two attached hydrogens (primary N) is 1. The van der Waals surface area contributed by atoms with Gasteiger partial charge >= 0.3 is 5.97 Å². The third-order valence-corrected chi connectivity index (χ3v) is 7.89. The number of rotatable bonds is 8. The normalized spacial score (nSPS) is 14.2. The number of hydrogen-bond donors (Lipinski definition) is 1. The zero-order valence-corrected chi connectivity index (χ0v) is 23.6. The van der Waals surface area contributed by atoms with Gasteiger partial charge in [0.25, 0.3) is 0 Å². The molecule has 0 saturated heterocycles. The molecule has 0 radical (unpaired) electrons. The van der Waals surface area contributed by atoms with E-state index in [1.54, 1.807) is 18.4 Å². The predicted octanol–water partition coefficient (Wildman–Crippen LogP) is 6.99. The maximum atomic E-state index is 14.3. The van der Waals surface area contributed by atoms with E-state index in [2.05, 4.69) is 13.2 Å². The van der Waals surface area contributed by atoms with Gasteiger partial charge in [-0.15, -0.1) is 0 Å². The molecule has 0 saturated carbocycles. The SMILES string of the molecule is C=C(OC(=O)CC1=C(C)C(=Cc2ccc(S(C)=O)cc2)c2ccc(F)cc21)C(=C)c1cc(C(N)=S)ccc1C. The Morgan fingerprint density at radius 3 is 2.38 bits per heavy atom. The van der Waals surface area contributed by atoms with E-state index in [1.807, 2.05) is 56.3 Å². The van der Waals surface area contributed by atoms with Crippen molar-refractivity contribution in [2.24, 2.45) is 5.73 Å². The Labute approximate surface area is 235 Å². The monoisotopic (exact) mass is 557 g/mol. The number of carbonyl (C=O) groups excluding carboxylic acids is 1. The number of allylic oxidation sites excluding steroid dienone is 3. The quantitative estimate of drug-likeness (QED) is 0.140. The summed E-state index contributed by atoms with van der Waals surface area (Å²) in [6.45, 7) is 11.8. The summed E-state index contributed by atoms with van der Waals surface area (Å²) in [6, 6.07) is 17.4. The highest BCUT2D eigenvalue weighted by molar-refractivity contribution is 7.84. The first-order valence-electron chi connectivity index (χ1n) is 12.1. The van der Waals surface area contributed by atoms with Gasteiger partial charge in [-0.05, 0) is 94.8 Å². The van der Waals surface area contributed by atoms with E-state index < -0.39 is 22.6 Å². The molecule has 0 fully saturated rings. The van der Waals surface area contributed by atoms with Gasteiger partial charge in [0.2, 0.25) is 0 Å². The number of ether oxygens (including phenoxy) is 1. The molecular formula is C32H28FNO3S2. The lowest BCUT2D eigenvalue weighted by Gasteiger charge is -2.14. The van der Waals surface area contributed by atoms with Crippen LogP contribution < -0.4 is 5.73 Å². The number of fused-ring (bicyclic) bond motifs is 1. The van der Waals surface area contributed by atoms with Gasteiger partial charge in [0.05, 0.1) is 6.42 Å². The molecule has 1 atom stereocenters. The highest BCUT2D eigenvalue weighted by Gasteiger charge is 2.27.